The Morgan fingerprint density at radius 2 is 1.94 bits per heavy atom. The monoisotopic (exact) mass is 215 g/mol. The lowest BCUT2D eigenvalue weighted by atomic mass is 10.3. The van der Waals surface area contributed by atoms with E-state index in [4.69, 9.17) is 4.74 Å². The number of nitrogens with zero attached hydrogens (tertiary/aromatic N) is 1. The molecule has 0 atom stereocenters. The van der Waals surface area contributed by atoms with Crippen LogP contribution in [0.4, 0.5) is 0 Å². The molecule has 0 fully saturated rings. The van der Waals surface area contributed by atoms with Gasteiger partial charge in [0.05, 0.1) is 0 Å². The molecule has 0 amide bonds. The zero-order valence-electron chi connectivity index (χ0n) is 9.09. The average Bonchev–Trinajstić information content (AvgIpc) is 2.77. The summed E-state index contributed by atoms with van der Waals surface area (Å²) in [6.07, 6.45) is 2.17. The number of para-hydroxylation sites is 1. The minimum Gasteiger partial charge on any atom is -0.440 e. The van der Waals surface area contributed by atoms with Crippen molar-refractivity contribution in [1.29, 1.82) is 0 Å². The van der Waals surface area contributed by atoms with Crippen LogP contribution in [0.1, 0.15) is 18.1 Å². The molecule has 82 valence electrons. The molecule has 0 unspecified atom stereocenters. The lowest BCUT2D eigenvalue weighted by Crippen LogP contribution is -2.08. The first kappa shape index (κ1) is 10.5. The molecule has 0 saturated carbocycles. The van der Waals surface area contributed by atoms with Gasteiger partial charge in [-0.3, -0.25) is 9.36 Å². The molecular formula is C13H13NO2. The summed E-state index contributed by atoms with van der Waals surface area (Å²) in [5.74, 6) is 1.31. The summed E-state index contributed by atoms with van der Waals surface area (Å²) in [5.41, 5.74) is 0. The van der Waals surface area contributed by atoms with Crippen LogP contribution >= 0.6 is 0 Å². The molecule has 0 radical (unpaired) electrons. The highest BCUT2D eigenvalue weighted by atomic mass is 16.5. The fourth-order valence-electron chi connectivity index (χ4n) is 1.43. The highest BCUT2D eigenvalue weighted by molar-refractivity contribution is 5.80. The number of carbonyl (C=O) groups is 1. The lowest BCUT2D eigenvalue weighted by Gasteiger charge is -2.07. The van der Waals surface area contributed by atoms with Crippen molar-refractivity contribution in [2.24, 2.45) is 0 Å². The standard InChI is InChI=1S/C13H13NO2/c1-2-12(15)14-10-6-9-13(14)16-11-7-4-3-5-8-11/h3-10H,2H2,1H3. The van der Waals surface area contributed by atoms with Crippen LogP contribution in [-0.2, 0) is 0 Å². The van der Waals surface area contributed by atoms with Gasteiger partial charge in [0, 0.05) is 18.7 Å². The number of aromatic nitrogens is 1. The number of benzene rings is 1. The quantitative estimate of drug-likeness (QED) is 0.786. The molecule has 2 rings (SSSR count). The third kappa shape index (κ3) is 2.14. The Kier molecular flexibility index (Phi) is 3.05. The number of rotatable bonds is 3. The number of ether oxygens (including phenoxy) is 1. The predicted octanol–water partition coefficient (Wildman–Crippen LogP) is 3.33. The van der Waals surface area contributed by atoms with Crippen molar-refractivity contribution in [1.82, 2.24) is 4.57 Å². The van der Waals surface area contributed by atoms with Gasteiger partial charge < -0.3 is 4.74 Å². The van der Waals surface area contributed by atoms with E-state index in [0.717, 1.165) is 5.75 Å². The highest BCUT2D eigenvalue weighted by Gasteiger charge is 2.08. The van der Waals surface area contributed by atoms with E-state index in [1.807, 2.05) is 37.3 Å². The van der Waals surface area contributed by atoms with Crippen molar-refractivity contribution >= 4 is 5.91 Å². The Labute approximate surface area is 94.3 Å². The van der Waals surface area contributed by atoms with Crippen LogP contribution in [0.15, 0.2) is 48.7 Å². The minimum atomic E-state index is 0.0240. The van der Waals surface area contributed by atoms with Gasteiger partial charge in [-0.2, -0.15) is 0 Å². The Hall–Kier alpha value is -2.03. The van der Waals surface area contributed by atoms with Crippen molar-refractivity contribution in [3.05, 3.63) is 48.7 Å². The summed E-state index contributed by atoms with van der Waals surface area (Å²) in [7, 11) is 0. The zero-order chi connectivity index (χ0) is 11.4. The van der Waals surface area contributed by atoms with E-state index in [1.165, 1.54) is 4.57 Å². The molecule has 0 aliphatic carbocycles. The second-order valence-electron chi connectivity index (χ2n) is 3.38. The van der Waals surface area contributed by atoms with E-state index in [-0.39, 0.29) is 5.91 Å². The van der Waals surface area contributed by atoms with E-state index >= 15 is 0 Å². The van der Waals surface area contributed by atoms with Crippen LogP contribution in [0.2, 0.25) is 0 Å². The van der Waals surface area contributed by atoms with Crippen LogP contribution in [0.5, 0.6) is 11.6 Å². The second-order valence-corrected chi connectivity index (χ2v) is 3.38. The number of hydrogen-bond acceptors (Lipinski definition) is 2. The van der Waals surface area contributed by atoms with Crippen molar-refractivity contribution in [2.45, 2.75) is 13.3 Å². The molecule has 2 aromatic rings. The van der Waals surface area contributed by atoms with Gasteiger partial charge in [-0.25, -0.2) is 0 Å². The predicted molar refractivity (Wildman–Crippen MR) is 61.9 cm³/mol. The molecule has 0 spiro atoms. The molecule has 3 nitrogen and oxygen atoms in total. The molecule has 0 saturated heterocycles. The molecule has 1 aromatic heterocycles. The van der Waals surface area contributed by atoms with Crippen LogP contribution in [0.3, 0.4) is 0 Å². The third-order valence-corrected chi connectivity index (χ3v) is 2.25. The molecule has 0 aliphatic rings. The second kappa shape index (κ2) is 4.66. The van der Waals surface area contributed by atoms with Gasteiger partial charge in [0.2, 0.25) is 11.8 Å². The normalized spacial score (nSPS) is 10.1. The summed E-state index contributed by atoms with van der Waals surface area (Å²) in [4.78, 5) is 11.6. The van der Waals surface area contributed by atoms with Crippen molar-refractivity contribution in [3.8, 4) is 11.6 Å². The van der Waals surface area contributed by atoms with E-state index in [1.54, 1.807) is 18.3 Å². The Balaban J connectivity index is 2.22. The zero-order valence-corrected chi connectivity index (χ0v) is 9.09. The Bertz CT molecular complexity index is 474. The van der Waals surface area contributed by atoms with Crippen LogP contribution in [0.25, 0.3) is 0 Å². The first-order valence-electron chi connectivity index (χ1n) is 5.24. The maximum Gasteiger partial charge on any atom is 0.233 e. The maximum atomic E-state index is 11.6. The van der Waals surface area contributed by atoms with Gasteiger partial charge in [0.1, 0.15) is 5.75 Å². The summed E-state index contributed by atoms with van der Waals surface area (Å²) >= 11 is 0. The maximum absolute atomic E-state index is 11.6. The number of hydrogen-bond donors (Lipinski definition) is 0. The Morgan fingerprint density at radius 1 is 1.19 bits per heavy atom. The smallest absolute Gasteiger partial charge is 0.233 e. The van der Waals surface area contributed by atoms with Gasteiger partial charge in [-0.15, -0.1) is 0 Å². The fraction of sp³-hybridized carbons (Fsp3) is 0.154. The van der Waals surface area contributed by atoms with E-state index in [9.17, 15) is 4.79 Å². The van der Waals surface area contributed by atoms with Crippen LogP contribution < -0.4 is 4.74 Å². The lowest BCUT2D eigenvalue weighted by molar-refractivity contribution is 0.0901. The molecule has 3 heteroatoms. The third-order valence-electron chi connectivity index (χ3n) is 2.25. The van der Waals surface area contributed by atoms with Gasteiger partial charge in [-0.05, 0) is 18.2 Å². The topological polar surface area (TPSA) is 31.2 Å². The van der Waals surface area contributed by atoms with Gasteiger partial charge in [0.25, 0.3) is 0 Å². The average molecular weight is 215 g/mol. The van der Waals surface area contributed by atoms with Crippen molar-refractivity contribution in [3.63, 3.8) is 0 Å². The molecule has 0 bridgehead atoms. The van der Waals surface area contributed by atoms with Gasteiger partial charge in [0.15, 0.2) is 0 Å². The molecule has 16 heavy (non-hydrogen) atoms. The van der Waals surface area contributed by atoms with E-state index in [0.29, 0.717) is 12.3 Å². The highest BCUT2D eigenvalue weighted by Crippen LogP contribution is 2.21. The first-order valence-corrected chi connectivity index (χ1v) is 5.24. The van der Waals surface area contributed by atoms with E-state index in [2.05, 4.69) is 0 Å². The minimum absolute atomic E-state index is 0.0240. The molecule has 0 aliphatic heterocycles. The van der Waals surface area contributed by atoms with E-state index < -0.39 is 0 Å². The van der Waals surface area contributed by atoms with Crippen LogP contribution in [0, 0.1) is 0 Å². The Morgan fingerprint density at radius 3 is 2.62 bits per heavy atom. The van der Waals surface area contributed by atoms with Crippen molar-refractivity contribution in [2.75, 3.05) is 0 Å². The fourth-order valence-corrected chi connectivity index (χ4v) is 1.43. The SMILES string of the molecule is CCC(=O)n1cccc1Oc1ccccc1. The summed E-state index contributed by atoms with van der Waals surface area (Å²) in [6.45, 7) is 1.83. The first-order chi connectivity index (χ1) is 7.81. The van der Waals surface area contributed by atoms with Gasteiger partial charge >= 0.3 is 0 Å². The summed E-state index contributed by atoms with van der Waals surface area (Å²) < 4.78 is 7.14. The molecular weight excluding hydrogens is 202 g/mol. The van der Waals surface area contributed by atoms with Gasteiger partial charge in [-0.1, -0.05) is 25.1 Å². The summed E-state index contributed by atoms with van der Waals surface area (Å²) in [6, 6.07) is 13.0. The molecule has 1 aromatic carbocycles. The molecule has 1 heterocycles. The largest absolute Gasteiger partial charge is 0.440 e. The number of carbonyl (C=O) groups excluding carboxylic acids is 1. The summed E-state index contributed by atoms with van der Waals surface area (Å²) in [5, 5.41) is 0. The van der Waals surface area contributed by atoms with Crippen LogP contribution in [-0.4, -0.2) is 10.5 Å². The molecule has 0 N–H and O–H groups in total. The van der Waals surface area contributed by atoms with Crippen molar-refractivity contribution < 1.29 is 9.53 Å².